The van der Waals surface area contributed by atoms with Crippen molar-refractivity contribution in [3.8, 4) is 5.75 Å². The molecular formula is C28H30Cl2N2O3. The van der Waals surface area contributed by atoms with Gasteiger partial charge in [-0.05, 0) is 48.2 Å². The summed E-state index contributed by atoms with van der Waals surface area (Å²) in [6.45, 7) is 4.36. The molecular weight excluding hydrogens is 483 g/mol. The second-order valence-electron chi connectivity index (χ2n) is 8.31. The van der Waals surface area contributed by atoms with Crippen LogP contribution in [-0.2, 0) is 22.6 Å². The van der Waals surface area contributed by atoms with E-state index in [1.165, 1.54) is 0 Å². The van der Waals surface area contributed by atoms with Gasteiger partial charge >= 0.3 is 0 Å². The molecule has 3 aromatic carbocycles. The minimum Gasteiger partial charge on any atom is -0.484 e. The van der Waals surface area contributed by atoms with E-state index in [-0.39, 0.29) is 25.0 Å². The SMILES string of the molecule is CCCNC(=O)C(Cc1ccccc1)N(Cc1ccc(Cl)cc1Cl)C(=O)COc1ccccc1C. The van der Waals surface area contributed by atoms with Crippen LogP contribution in [-0.4, -0.2) is 35.9 Å². The second-order valence-corrected chi connectivity index (χ2v) is 9.15. The molecule has 0 aliphatic rings. The first kappa shape index (κ1) is 26.6. The summed E-state index contributed by atoms with van der Waals surface area (Å²) in [7, 11) is 0. The highest BCUT2D eigenvalue weighted by Crippen LogP contribution is 2.24. The molecule has 0 bridgehead atoms. The molecule has 1 atom stereocenters. The Balaban J connectivity index is 1.93. The summed E-state index contributed by atoms with van der Waals surface area (Å²) in [6, 6.07) is 21.5. The van der Waals surface area contributed by atoms with Crippen LogP contribution in [0.2, 0.25) is 10.0 Å². The van der Waals surface area contributed by atoms with Crippen molar-refractivity contribution in [2.45, 2.75) is 39.3 Å². The number of para-hydroxylation sites is 1. The van der Waals surface area contributed by atoms with Gasteiger partial charge in [0.1, 0.15) is 11.8 Å². The van der Waals surface area contributed by atoms with Gasteiger partial charge in [0.15, 0.2) is 6.61 Å². The summed E-state index contributed by atoms with van der Waals surface area (Å²) in [5, 5.41) is 3.89. The molecule has 0 aliphatic heterocycles. The van der Waals surface area contributed by atoms with Crippen LogP contribution in [0.25, 0.3) is 0 Å². The third-order valence-electron chi connectivity index (χ3n) is 5.62. The maximum atomic E-state index is 13.6. The number of amides is 2. The molecule has 0 saturated carbocycles. The van der Waals surface area contributed by atoms with Gasteiger partial charge in [0.05, 0.1) is 0 Å². The lowest BCUT2D eigenvalue weighted by atomic mass is 10.0. The monoisotopic (exact) mass is 512 g/mol. The zero-order valence-corrected chi connectivity index (χ0v) is 21.5. The van der Waals surface area contributed by atoms with Crippen LogP contribution < -0.4 is 10.1 Å². The normalized spacial score (nSPS) is 11.5. The summed E-state index contributed by atoms with van der Waals surface area (Å²) in [5.41, 5.74) is 2.57. The van der Waals surface area contributed by atoms with Gasteiger partial charge in [0.2, 0.25) is 5.91 Å². The Labute approximate surface area is 217 Å². The molecule has 3 rings (SSSR count). The molecule has 0 heterocycles. The summed E-state index contributed by atoms with van der Waals surface area (Å²) in [4.78, 5) is 28.4. The minimum absolute atomic E-state index is 0.142. The van der Waals surface area contributed by atoms with Gasteiger partial charge in [-0.25, -0.2) is 0 Å². The van der Waals surface area contributed by atoms with Crippen molar-refractivity contribution in [3.05, 3.63) is 99.5 Å². The van der Waals surface area contributed by atoms with E-state index in [1.807, 2.05) is 68.4 Å². The number of nitrogens with one attached hydrogen (secondary N) is 1. The second kappa shape index (κ2) is 13.2. The van der Waals surface area contributed by atoms with E-state index in [0.717, 1.165) is 17.5 Å². The lowest BCUT2D eigenvalue weighted by Crippen LogP contribution is -2.51. The molecule has 0 saturated heterocycles. The van der Waals surface area contributed by atoms with Crippen LogP contribution in [0.4, 0.5) is 0 Å². The fourth-order valence-corrected chi connectivity index (χ4v) is 4.16. The van der Waals surface area contributed by atoms with Crippen LogP contribution in [0.5, 0.6) is 5.75 Å². The quantitative estimate of drug-likeness (QED) is 0.350. The van der Waals surface area contributed by atoms with Crippen molar-refractivity contribution in [1.29, 1.82) is 0 Å². The largest absolute Gasteiger partial charge is 0.484 e. The van der Waals surface area contributed by atoms with Crippen LogP contribution >= 0.6 is 23.2 Å². The molecule has 0 radical (unpaired) electrons. The Morgan fingerprint density at radius 1 is 1.00 bits per heavy atom. The predicted octanol–water partition coefficient (Wildman–Crippen LogP) is 5.85. The van der Waals surface area contributed by atoms with Crippen molar-refractivity contribution in [2.75, 3.05) is 13.2 Å². The molecule has 3 aromatic rings. The van der Waals surface area contributed by atoms with Crippen LogP contribution in [0.3, 0.4) is 0 Å². The number of benzene rings is 3. The highest BCUT2D eigenvalue weighted by molar-refractivity contribution is 6.35. The van der Waals surface area contributed by atoms with E-state index in [9.17, 15) is 9.59 Å². The van der Waals surface area contributed by atoms with E-state index >= 15 is 0 Å². The van der Waals surface area contributed by atoms with Crippen molar-refractivity contribution >= 4 is 35.0 Å². The third kappa shape index (κ3) is 7.74. The van der Waals surface area contributed by atoms with E-state index in [1.54, 1.807) is 23.1 Å². The third-order valence-corrected chi connectivity index (χ3v) is 6.21. The lowest BCUT2D eigenvalue weighted by Gasteiger charge is -2.31. The van der Waals surface area contributed by atoms with Gasteiger partial charge in [0.25, 0.3) is 5.91 Å². The molecule has 0 fully saturated rings. The van der Waals surface area contributed by atoms with Crippen molar-refractivity contribution in [3.63, 3.8) is 0 Å². The zero-order valence-electron chi connectivity index (χ0n) is 20.0. The molecule has 7 heteroatoms. The van der Waals surface area contributed by atoms with Crippen LogP contribution in [0, 0.1) is 6.92 Å². The van der Waals surface area contributed by atoms with E-state index in [2.05, 4.69) is 5.32 Å². The molecule has 5 nitrogen and oxygen atoms in total. The number of carbonyl (C=O) groups is 2. The van der Waals surface area contributed by atoms with Crippen molar-refractivity contribution < 1.29 is 14.3 Å². The van der Waals surface area contributed by atoms with Gasteiger partial charge in [-0.3, -0.25) is 9.59 Å². The van der Waals surface area contributed by atoms with Gasteiger partial charge < -0.3 is 15.0 Å². The first-order chi connectivity index (χ1) is 16.9. The highest BCUT2D eigenvalue weighted by Gasteiger charge is 2.31. The molecule has 0 spiro atoms. The zero-order chi connectivity index (χ0) is 25.2. The molecule has 1 unspecified atom stereocenters. The Morgan fingerprint density at radius 3 is 2.40 bits per heavy atom. The first-order valence-corrected chi connectivity index (χ1v) is 12.4. The van der Waals surface area contributed by atoms with Gasteiger partial charge in [0, 0.05) is 29.6 Å². The maximum absolute atomic E-state index is 13.6. The Kier molecular flexibility index (Phi) is 10.0. The summed E-state index contributed by atoms with van der Waals surface area (Å²) >= 11 is 12.5. The topological polar surface area (TPSA) is 58.6 Å². The number of hydrogen-bond donors (Lipinski definition) is 1. The average Bonchev–Trinajstić information content (AvgIpc) is 2.85. The Hall–Kier alpha value is -3.02. The van der Waals surface area contributed by atoms with E-state index < -0.39 is 6.04 Å². The number of ether oxygens (including phenoxy) is 1. The van der Waals surface area contributed by atoms with Crippen molar-refractivity contribution in [2.24, 2.45) is 0 Å². The number of halogens is 2. The molecule has 1 N–H and O–H groups in total. The Morgan fingerprint density at radius 2 is 1.71 bits per heavy atom. The van der Waals surface area contributed by atoms with Crippen molar-refractivity contribution in [1.82, 2.24) is 10.2 Å². The molecule has 2 amide bonds. The van der Waals surface area contributed by atoms with Crippen LogP contribution in [0.1, 0.15) is 30.0 Å². The summed E-state index contributed by atoms with van der Waals surface area (Å²) < 4.78 is 5.85. The number of rotatable bonds is 11. The fourth-order valence-electron chi connectivity index (χ4n) is 3.69. The smallest absolute Gasteiger partial charge is 0.261 e. The number of carbonyl (C=O) groups excluding carboxylic acids is 2. The maximum Gasteiger partial charge on any atom is 0.261 e. The highest BCUT2D eigenvalue weighted by atomic mass is 35.5. The van der Waals surface area contributed by atoms with Gasteiger partial charge in [-0.1, -0.05) is 84.7 Å². The molecule has 0 aliphatic carbocycles. The summed E-state index contributed by atoms with van der Waals surface area (Å²) in [6.07, 6.45) is 1.15. The molecule has 184 valence electrons. The van der Waals surface area contributed by atoms with Crippen LogP contribution in [0.15, 0.2) is 72.8 Å². The minimum atomic E-state index is -0.747. The number of aryl methyl sites for hydroxylation is 1. The summed E-state index contributed by atoms with van der Waals surface area (Å²) in [5.74, 6) is 0.0947. The molecule has 35 heavy (non-hydrogen) atoms. The standard InChI is InChI=1S/C28H30Cl2N2O3/c1-3-15-31-28(34)25(16-21-10-5-4-6-11-21)32(18-22-13-14-23(29)17-24(22)30)27(33)19-35-26-12-8-7-9-20(26)2/h4-14,17,25H,3,15-16,18-19H2,1-2H3,(H,31,34). The van der Waals surface area contributed by atoms with Gasteiger partial charge in [-0.2, -0.15) is 0 Å². The Bertz CT molecular complexity index is 1140. The van der Waals surface area contributed by atoms with E-state index in [0.29, 0.717) is 34.3 Å². The fraction of sp³-hybridized carbons (Fsp3) is 0.286. The first-order valence-electron chi connectivity index (χ1n) is 11.6. The predicted molar refractivity (Wildman–Crippen MR) is 141 cm³/mol. The number of hydrogen-bond acceptors (Lipinski definition) is 3. The van der Waals surface area contributed by atoms with E-state index in [4.69, 9.17) is 27.9 Å². The lowest BCUT2D eigenvalue weighted by molar-refractivity contribution is -0.142. The number of nitrogens with zero attached hydrogens (tertiary/aromatic N) is 1. The van der Waals surface area contributed by atoms with Gasteiger partial charge in [-0.15, -0.1) is 0 Å². The average molecular weight is 513 g/mol. The molecule has 0 aromatic heterocycles.